The highest BCUT2D eigenvalue weighted by atomic mass is 16.5. The molecule has 0 saturated carbocycles. The molecule has 108 valence electrons. The minimum absolute atomic E-state index is 0.305. The number of aliphatic hydroxyl groups excluding tert-OH is 1. The van der Waals surface area contributed by atoms with E-state index in [1.165, 1.54) is 11.1 Å². The summed E-state index contributed by atoms with van der Waals surface area (Å²) in [5, 5.41) is 9.94. The molecule has 1 aliphatic carbocycles. The van der Waals surface area contributed by atoms with Crippen LogP contribution in [0.4, 0.5) is 0 Å². The van der Waals surface area contributed by atoms with Gasteiger partial charge in [-0.25, -0.2) is 0 Å². The molecule has 0 aromatic heterocycles. The van der Waals surface area contributed by atoms with Crippen LogP contribution in [0, 0.1) is 0 Å². The Morgan fingerprint density at radius 1 is 1.14 bits per heavy atom. The van der Waals surface area contributed by atoms with Gasteiger partial charge in [0.15, 0.2) is 0 Å². The number of hydrogen-bond acceptors (Lipinski definition) is 2. The van der Waals surface area contributed by atoms with E-state index >= 15 is 0 Å². The summed E-state index contributed by atoms with van der Waals surface area (Å²) >= 11 is 0. The average molecular weight is 280 g/mol. The molecule has 0 saturated heterocycles. The van der Waals surface area contributed by atoms with Crippen LogP contribution in [0.25, 0.3) is 6.08 Å². The van der Waals surface area contributed by atoms with Crippen molar-refractivity contribution in [3.8, 4) is 5.75 Å². The van der Waals surface area contributed by atoms with Gasteiger partial charge in [-0.05, 0) is 54.2 Å². The zero-order valence-electron chi connectivity index (χ0n) is 12.0. The summed E-state index contributed by atoms with van der Waals surface area (Å²) in [6, 6.07) is 16.2. The molecule has 0 aliphatic heterocycles. The Bertz CT molecular complexity index is 617. The molecule has 0 amide bonds. The standard InChI is InChI=1S/C19H20O2/c20-19-10-4-9-16-14-17(11-12-18(16)19)21-13-5-8-15-6-2-1-3-7-15/h1-3,5-8,11-12,14,19-20H,4,9-10,13H2. The number of aryl methyl sites for hydroxylation is 1. The van der Waals surface area contributed by atoms with Crippen molar-refractivity contribution in [1.82, 2.24) is 0 Å². The van der Waals surface area contributed by atoms with Crippen LogP contribution < -0.4 is 4.74 Å². The summed E-state index contributed by atoms with van der Waals surface area (Å²) < 4.78 is 5.76. The molecule has 1 atom stereocenters. The third-order valence-corrected chi connectivity index (χ3v) is 3.85. The van der Waals surface area contributed by atoms with E-state index in [0.29, 0.717) is 6.61 Å². The first kappa shape index (κ1) is 13.9. The van der Waals surface area contributed by atoms with Gasteiger partial charge in [-0.3, -0.25) is 0 Å². The number of hydrogen-bond donors (Lipinski definition) is 1. The Balaban J connectivity index is 1.60. The predicted octanol–water partition coefficient (Wildman–Crippen LogP) is 4.15. The molecule has 2 nitrogen and oxygen atoms in total. The first-order valence-electron chi connectivity index (χ1n) is 7.48. The molecular weight excluding hydrogens is 260 g/mol. The summed E-state index contributed by atoms with van der Waals surface area (Å²) in [5.74, 6) is 0.876. The molecule has 1 aliphatic rings. The quantitative estimate of drug-likeness (QED) is 0.911. The maximum Gasteiger partial charge on any atom is 0.120 e. The highest BCUT2D eigenvalue weighted by molar-refractivity contribution is 5.48. The maximum atomic E-state index is 9.94. The Hall–Kier alpha value is -2.06. The van der Waals surface area contributed by atoms with Crippen LogP contribution in [0.5, 0.6) is 5.75 Å². The summed E-state index contributed by atoms with van der Waals surface area (Å²) in [6.45, 7) is 0.552. The summed E-state index contributed by atoms with van der Waals surface area (Å²) in [6.07, 6.45) is 6.72. The Kier molecular flexibility index (Phi) is 4.37. The predicted molar refractivity (Wildman–Crippen MR) is 85.3 cm³/mol. The molecule has 21 heavy (non-hydrogen) atoms. The zero-order valence-corrected chi connectivity index (χ0v) is 12.0. The normalized spacial score (nSPS) is 17.7. The molecule has 0 bridgehead atoms. The van der Waals surface area contributed by atoms with Gasteiger partial charge in [-0.2, -0.15) is 0 Å². The molecule has 3 rings (SSSR count). The van der Waals surface area contributed by atoms with Crippen molar-refractivity contribution in [2.75, 3.05) is 6.61 Å². The first-order chi connectivity index (χ1) is 10.3. The number of ether oxygens (including phenoxy) is 1. The van der Waals surface area contributed by atoms with E-state index in [2.05, 4.69) is 24.3 Å². The largest absolute Gasteiger partial charge is 0.490 e. The molecule has 2 aromatic rings. The van der Waals surface area contributed by atoms with E-state index in [-0.39, 0.29) is 6.10 Å². The van der Waals surface area contributed by atoms with Crippen LogP contribution in [0.1, 0.15) is 35.6 Å². The van der Waals surface area contributed by atoms with Gasteiger partial charge in [0.2, 0.25) is 0 Å². The van der Waals surface area contributed by atoms with Crippen molar-refractivity contribution in [3.63, 3.8) is 0 Å². The van der Waals surface area contributed by atoms with Gasteiger partial charge >= 0.3 is 0 Å². The highest BCUT2D eigenvalue weighted by Gasteiger charge is 2.17. The molecule has 1 unspecified atom stereocenters. The lowest BCUT2D eigenvalue weighted by Gasteiger charge is -2.21. The molecule has 0 heterocycles. The van der Waals surface area contributed by atoms with Gasteiger partial charge in [0.1, 0.15) is 12.4 Å². The molecule has 0 fully saturated rings. The van der Waals surface area contributed by atoms with Crippen molar-refractivity contribution in [2.24, 2.45) is 0 Å². The lowest BCUT2D eigenvalue weighted by molar-refractivity contribution is 0.156. The van der Waals surface area contributed by atoms with Crippen LogP contribution in [0.2, 0.25) is 0 Å². The van der Waals surface area contributed by atoms with Gasteiger partial charge in [0.25, 0.3) is 0 Å². The zero-order chi connectivity index (χ0) is 14.5. The van der Waals surface area contributed by atoms with Crippen molar-refractivity contribution in [2.45, 2.75) is 25.4 Å². The van der Waals surface area contributed by atoms with Gasteiger partial charge < -0.3 is 9.84 Å². The van der Waals surface area contributed by atoms with E-state index in [4.69, 9.17) is 4.74 Å². The Labute approximate surface area is 125 Å². The second kappa shape index (κ2) is 6.59. The second-order valence-corrected chi connectivity index (χ2v) is 5.39. The summed E-state index contributed by atoms with van der Waals surface area (Å²) in [4.78, 5) is 0. The van der Waals surface area contributed by atoms with Crippen molar-refractivity contribution < 1.29 is 9.84 Å². The molecule has 0 spiro atoms. The molecule has 2 heteroatoms. The van der Waals surface area contributed by atoms with E-state index in [1.807, 2.05) is 36.4 Å². The number of aliphatic hydroxyl groups is 1. The fourth-order valence-corrected chi connectivity index (χ4v) is 2.75. The van der Waals surface area contributed by atoms with Gasteiger partial charge in [0, 0.05) is 0 Å². The monoisotopic (exact) mass is 280 g/mol. The highest BCUT2D eigenvalue weighted by Crippen LogP contribution is 2.31. The Morgan fingerprint density at radius 3 is 2.86 bits per heavy atom. The topological polar surface area (TPSA) is 29.5 Å². The Morgan fingerprint density at radius 2 is 2.00 bits per heavy atom. The fraction of sp³-hybridized carbons (Fsp3) is 0.263. The SMILES string of the molecule is OC1CCCc2cc(OCC=Cc3ccccc3)ccc21. The van der Waals surface area contributed by atoms with Gasteiger partial charge in [-0.15, -0.1) is 0 Å². The fourth-order valence-electron chi connectivity index (χ4n) is 2.75. The van der Waals surface area contributed by atoms with E-state index < -0.39 is 0 Å². The summed E-state index contributed by atoms with van der Waals surface area (Å²) in [7, 11) is 0. The maximum absolute atomic E-state index is 9.94. The first-order valence-corrected chi connectivity index (χ1v) is 7.48. The van der Waals surface area contributed by atoms with Crippen molar-refractivity contribution in [3.05, 3.63) is 71.3 Å². The molecular formula is C19H20O2. The second-order valence-electron chi connectivity index (χ2n) is 5.39. The lowest BCUT2D eigenvalue weighted by atomic mass is 9.89. The van der Waals surface area contributed by atoms with Gasteiger partial charge in [0.05, 0.1) is 6.10 Å². The van der Waals surface area contributed by atoms with Gasteiger partial charge in [-0.1, -0.05) is 42.5 Å². The number of fused-ring (bicyclic) bond motifs is 1. The van der Waals surface area contributed by atoms with Crippen molar-refractivity contribution >= 4 is 6.08 Å². The molecule has 0 radical (unpaired) electrons. The van der Waals surface area contributed by atoms with Crippen LogP contribution in [-0.4, -0.2) is 11.7 Å². The third kappa shape index (κ3) is 3.53. The smallest absolute Gasteiger partial charge is 0.120 e. The van der Waals surface area contributed by atoms with E-state index in [9.17, 15) is 5.11 Å². The van der Waals surface area contributed by atoms with E-state index in [0.717, 1.165) is 30.6 Å². The third-order valence-electron chi connectivity index (χ3n) is 3.85. The van der Waals surface area contributed by atoms with Crippen molar-refractivity contribution in [1.29, 1.82) is 0 Å². The molecule has 1 N–H and O–H groups in total. The lowest BCUT2D eigenvalue weighted by Crippen LogP contribution is -2.09. The van der Waals surface area contributed by atoms with Crippen LogP contribution in [-0.2, 0) is 6.42 Å². The minimum atomic E-state index is -0.305. The average Bonchev–Trinajstić information content (AvgIpc) is 2.53. The van der Waals surface area contributed by atoms with Crippen LogP contribution in [0.15, 0.2) is 54.6 Å². The van der Waals surface area contributed by atoms with E-state index in [1.54, 1.807) is 0 Å². The molecule has 2 aromatic carbocycles. The summed E-state index contributed by atoms with van der Waals surface area (Å²) in [5.41, 5.74) is 3.46. The van der Waals surface area contributed by atoms with Crippen LogP contribution >= 0.6 is 0 Å². The number of rotatable bonds is 4. The minimum Gasteiger partial charge on any atom is -0.490 e. The van der Waals surface area contributed by atoms with Crippen LogP contribution in [0.3, 0.4) is 0 Å². The number of benzene rings is 2.